The van der Waals surface area contributed by atoms with Gasteiger partial charge in [-0.05, 0) is 77.9 Å². The lowest BCUT2D eigenvalue weighted by Crippen LogP contribution is -2.31. The Morgan fingerprint density at radius 3 is 2.34 bits per heavy atom. The SMILES string of the molecule is COc1ccc(-n2ccc(/C=C3/SC(=Nc4ccccc4)N(CCc4ccccc4)C3=O)c2)cc1. The van der Waals surface area contributed by atoms with E-state index in [4.69, 9.17) is 9.73 Å². The molecule has 1 aliphatic heterocycles. The number of hydrogen-bond donors (Lipinski definition) is 0. The van der Waals surface area contributed by atoms with E-state index in [-0.39, 0.29) is 5.91 Å². The first kappa shape index (κ1) is 22.7. The monoisotopic (exact) mass is 479 g/mol. The third kappa shape index (κ3) is 5.39. The van der Waals surface area contributed by atoms with Gasteiger partial charge in [-0.3, -0.25) is 9.69 Å². The Labute approximate surface area is 209 Å². The minimum atomic E-state index is -0.0159. The van der Waals surface area contributed by atoms with Gasteiger partial charge in [0.2, 0.25) is 0 Å². The van der Waals surface area contributed by atoms with Gasteiger partial charge in [0.05, 0.1) is 17.7 Å². The summed E-state index contributed by atoms with van der Waals surface area (Å²) in [4.78, 5) is 20.7. The van der Waals surface area contributed by atoms with Crippen LogP contribution in [0.1, 0.15) is 11.1 Å². The maximum absolute atomic E-state index is 13.4. The Bertz CT molecular complexity index is 1360. The first-order valence-corrected chi connectivity index (χ1v) is 12.2. The van der Waals surface area contributed by atoms with Crippen LogP contribution in [-0.4, -0.2) is 34.2 Å². The van der Waals surface area contributed by atoms with Crippen LogP contribution in [0.4, 0.5) is 5.69 Å². The van der Waals surface area contributed by atoms with Gasteiger partial charge in [0.1, 0.15) is 5.75 Å². The van der Waals surface area contributed by atoms with Crippen molar-refractivity contribution in [3.63, 3.8) is 0 Å². The summed E-state index contributed by atoms with van der Waals surface area (Å²) in [5.41, 5.74) is 4.01. The molecule has 1 fully saturated rings. The number of methoxy groups -OCH3 is 1. The fourth-order valence-corrected chi connectivity index (χ4v) is 4.88. The van der Waals surface area contributed by atoms with Gasteiger partial charge in [0, 0.05) is 24.6 Å². The normalized spacial score (nSPS) is 15.8. The van der Waals surface area contributed by atoms with Gasteiger partial charge in [-0.25, -0.2) is 4.99 Å². The molecule has 0 N–H and O–H groups in total. The predicted octanol–water partition coefficient (Wildman–Crippen LogP) is 6.33. The van der Waals surface area contributed by atoms with E-state index in [1.54, 1.807) is 12.0 Å². The largest absolute Gasteiger partial charge is 0.497 e. The molecule has 0 radical (unpaired) electrons. The van der Waals surface area contributed by atoms with Crippen molar-refractivity contribution in [2.45, 2.75) is 6.42 Å². The number of hydrogen-bond acceptors (Lipinski definition) is 4. The summed E-state index contributed by atoms with van der Waals surface area (Å²) in [6.45, 7) is 0.575. The highest BCUT2D eigenvalue weighted by Crippen LogP contribution is 2.34. The number of benzene rings is 3. The number of amidine groups is 1. The summed E-state index contributed by atoms with van der Waals surface area (Å²) in [6.07, 6.45) is 6.71. The van der Waals surface area contributed by atoms with Gasteiger partial charge in [0.25, 0.3) is 5.91 Å². The zero-order valence-electron chi connectivity index (χ0n) is 19.4. The second-order valence-electron chi connectivity index (χ2n) is 8.08. The number of ether oxygens (including phenoxy) is 1. The van der Waals surface area contributed by atoms with E-state index in [0.717, 1.165) is 29.1 Å². The minimum Gasteiger partial charge on any atom is -0.497 e. The Morgan fingerprint density at radius 2 is 1.63 bits per heavy atom. The standard InChI is InChI=1S/C29H25N3O2S/c1-34-26-14-12-25(13-15-26)31-18-16-23(21-31)20-27-28(33)32(19-17-22-8-4-2-5-9-22)29(35-27)30-24-10-6-3-7-11-24/h2-16,18,20-21H,17,19H2,1H3/b27-20+,30-29?. The molecule has 174 valence electrons. The highest BCUT2D eigenvalue weighted by atomic mass is 32.2. The molecule has 5 rings (SSSR count). The van der Waals surface area contributed by atoms with Crippen LogP contribution in [-0.2, 0) is 11.2 Å². The molecule has 0 bridgehead atoms. The van der Waals surface area contributed by atoms with Crippen LogP contribution in [0, 0.1) is 0 Å². The molecule has 35 heavy (non-hydrogen) atoms. The molecule has 4 aromatic rings. The molecule has 0 unspecified atom stereocenters. The van der Waals surface area contributed by atoms with Gasteiger partial charge in [0.15, 0.2) is 5.17 Å². The minimum absolute atomic E-state index is 0.0159. The lowest BCUT2D eigenvalue weighted by molar-refractivity contribution is -0.122. The van der Waals surface area contributed by atoms with E-state index in [2.05, 4.69) is 12.1 Å². The smallest absolute Gasteiger partial charge is 0.266 e. The maximum Gasteiger partial charge on any atom is 0.266 e. The molecule has 1 saturated heterocycles. The quantitative estimate of drug-likeness (QED) is 0.291. The summed E-state index contributed by atoms with van der Waals surface area (Å²) >= 11 is 1.42. The molecular weight excluding hydrogens is 454 g/mol. The number of thioether (sulfide) groups is 1. The molecule has 5 nitrogen and oxygen atoms in total. The zero-order chi connectivity index (χ0) is 24.0. The number of amides is 1. The van der Waals surface area contributed by atoms with Crippen molar-refractivity contribution in [2.75, 3.05) is 13.7 Å². The average Bonchev–Trinajstić information content (AvgIpc) is 3.48. The zero-order valence-corrected chi connectivity index (χ0v) is 20.2. The molecular formula is C29H25N3O2S. The number of aromatic nitrogens is 1. The molecule has 0 atom stereocenters. The first-order chi connectivity index (χ1) is 17.2. The number of carbonyl (C=O) groups is 1. The molecule has 6 heteroatoms. The van der Waals surface area contributed by atoms with Gasteiger partial charge in [-0.2, -0.15) is 0 Å². The second-order valence-corrected chi connectivity index (χ2v) is 9.09. The van der Waals surface area contributed by atoms with E-state index in [0.29, 0.717) is 16.6 Å². The lowest BCUT2D eigenvalue weighted by atomic mass is 10.1. The average molecular weight is 480 g/mol. The Hall–Kier alpha value is -4.03. The lowest BCUT2D eigenvalue weighted by Gasteiger charge is -2.15. The van der Waals surface area contributed by atoms with Crippen molar-refractivity contribution in [2.24, 2.45) is 4.99 Å². The topological polar surface area (TPSA) is 46.8 Å². The molecule has 0 spiro atoms. The van der Waals surface area contributed by atoms with Crippen LogP contribution in [0.15, 0.2) is 113 Å². The van der Waals surface area contributed by atoms with E-state index in [9.17, 15) is 4.79 Å². The number of rotatable bonds is 7. The predicted molar refractivity (Wildman–Crippen MR) is 143 cm³/mol. The van der Waals surface area contributed by atoms with E-state index in [1.165, 1.54) is 17.3 Å². The fourth-order valence-electron chi connectivity index (χ4n) is 3.85. The summed E-state index contributed by atoms with van der Waals surface area (Å²) in [6, 6.07) is 29.8. The van der Waals surface area contributed by atoms with Crippen molar-refractivity contribution >= 4 is 34.6 Å². The third-order valence-electron chi connectivity index (χ3n) is 5.72. The number of carbonyl (C=O) groups excluding carboxylic acids is 1. The van der Waals surface area contributed by atoms with Crippen LogP contribution >= 0.6 is 11.8 Å². The van der Waals surface area contributed by atoms with Gasteiger partial charge in [-0.15, -0.1) is 0 Å². The van der Waals surface area contributed by atoms with E-state index in [1.807, 2.05) is 102 Å². The molecule has 1 aromatic heterocycles. The number of aliphatic imine (C=N–C) groups is 1. The van der Waals surface area contributed by atoms with Crippen molar-refractivity contribution in [3.05, 3.63) is 119 Å². The van der Waals surface area contributed by atoms with Crippen LogP contribution in [0.25, 0.3) is 11.8 Å². The number of para-hydroxylation sites is 1. The molecule has 1 amide bonds. The van der Waals surface area contributed by atoms with Crippen molar-refractivity contribution in [3.8, 4) is 11.4 Å². The Kier molecular flexibility index (Phi) is 6.82. The third-order valence-corrected chi connectivity index (χ3v) is 6.73. The van der Waals surface area contributed by atoms with Gasteiger partial charge < -0.3 is 9.30 Å². The van der Waals surface area contributed by atoms with Crippen LogP contribution in [0.3, 0.4) is 0 Å². The van der Waals surface area contributed by atoms with Crippen molar-refractivity contribution in [1.82, 2.24) is 9.47 Å². The molecule has 0 aliphatic carbocycles. The summed E-state index contributed by atoms with van der Waals surface area (Å²) in [5.74, 6) is 0.801. The van der Waals surface area contributed by atoms with Crippen LogP contribution in [0.2, 0.25) is 0 Å². The fraction of sp³-hybridized carbons (Fsp3) is 0.103. The Morgan fingerprint density at radius 1 is 0.914 bits per heavy atom. The summed E-state index contributed by atoms with van der Waals surface area (Å²) in [7, 11) is 1.66. The van der Waals surface area contributed by atoms with E-state index >= 15 is 0 Å². The molecule has 1 aliphatic rings. The van der Waals surface area contributed by atoms with Crippen LogP contribution < -0.4 is 4.74 Å². The molecule has 2 heterocycles. The highest BCUT2D eigenvalue weighted by Gasteiger charge is 2.33. The van der Waals surface area contributed by atoms with Crippen molar-refractivity contribution < 1.29 is 9.53 Å². The van der Waals surface area contributed by atoms with Gasteiger partial charge >= 0.3 is 0 Å². The summed E-state index contributed by atoms with van der Waals surface area (Å²) in [5, 5.41) is 0.706. The van der Waals surface area contributed by atoms with Crippen LogP contribution in [0.5, 0.6) is 5.75 Å². The number of nitrogens with zero attached hydrogens (tertiary/aromatic N) is 3. The molecule has 3 aromatic carbocycles. The summed E-state index contributed by atoms with van der Waals surface area (Å²) < 4.78 is 7.28. The Balaban J connectivity index is 1.40. The molecule has 0 saturated carbocycles. The maximum atomic E-state index is 13.4. The van der Waals surface area contributed by atoms with Gasteiger partial charge in [-0.1, -0.05) is 48.5 Å². The highest BCUT2D eigenvalue weighted by molar-refractivity contribution is 8.18. The first-order valence-electron chi connectivity index (χ1n) is 11.4. The van der Waals surface area contributed by atoms with E-state index < -0.39 is 0 Å². The second kappa shape index (κ2) is 10.5. The van der Waals surface area contributed by atoms with Crippen molar-refractivity contribution in [1.29, 1.82) is 0 Å².